The fourth-order valence-electron chi connectivity index (χ4n) is 3.30. The van der Waals surface area contributed by atoms with Crippen molar-refractivity contribution >= 4 is 17.0 Å². The van der Waals surface area contributed by atoms with Crippen LogP contribution in [0.15, 0.2) is 46.6 Å². The first kappa shape index (κ1) is 16.9. The average molecular weight is 367 g/mol. The number of H-pyrrole nitrogens is 1. The lowest BCUT2D eigenvalue weighted by atomic mass is 10.1. The van der Waals surface area contributed by atoms with Gasteiger partial charge in [0.15, 0.2) is 0 Å². The maximum Gasteiger partial charge on any atom is 0.266 e. The first-order valence-electron chi connectivity index (χ1n) is 8.72. The summed E-state index contributed by atoms with van der Waals surface area (Å²) in [7, 11) is 0. The van der Waals surface area contributed by atoms with E-state index in [1.54, 1.807) is 17.4 Å². The molecule has 0 bridgehead atoms. The van der Waals surface area contributed by atoms with Crippen LogP contribution in [0.4, 0.5) is 5.69 Å². The Morgan fingerprint density at radius 1 is 1.15 bits per heavy atom. The number of hydrogen-bond acceptors (Lipinski definition) is 6. The molecule has 0 atom stereocenters. The predicted molar refractivity (Wildman–Crippen MR) is 105 cm³/mol. The second-order valence-electron chi connectivity index (χ2n) is 6.45. The summed E-state index contributed by atoms with van der Waals surface area (Å²) >= 11 is 1.70. The van der Waals surface area contributed by atoms with Crippen molar-refractivity contribution in [3.05, 3.63) is 62.8 Å². The highest BCUT2D eigenvalue weighted by molar-refractivity contribution is 7.09. The van der Waals surface area contributed by atoms with Crippen molar-refractivity contribution in [2.45, 2.75) is 13.5 Å². The van der Waals surface area contributed by atoms with Crippen LogP contribution in [0.5, 0.6) is 0 Å². The second-order valence-corrected chi connectivity index (χ2v) is 7.52. The Balaban J connectivity index is 1.51. The van der Waals surface area contributed by atoms with Gasteiger partial charge in [0, 0.05) is 49.7 Å². The number of hydrogen-bond donors (Lipinski definition) is 1. The van der Waals surface area contributed by atoms with Crippen LogP contribution < -0.4 is 10.5 Å². The monoisotopic (exact) mass is 367 g/mol. The Kier molecular flexibility index (Phi) is 4.81. The van der Waals surface area contributed by atoms with E-state index in [1.165, 1.54) is 0 Å². The van der Waals surface area contributed by atoms with Gasteiger partial charge in [-0.3, -0.25) is 9.69 Å². The molecule has 0 aliphatic carbocycles. The van der Waals surface area contributed by atoms with Crippen LogP contribution >= 0.6 is 11.3 Å². The highest BCUT2D eigenvalue weighted by atomic mass is 32.1. The van der Waals surface area contributed by atoms with Crippen LogP contribution in [0.1, 0.15) is 10.7 Å². The Labute approximate surface area is 156 Å². The molecule has 6 nitrogen and oxygen atoms in total. The normalized spacial score (nSPS) is 15.3. The van der Waals surface area contributed by atoms with Crippen LogP contribution in [0.3, 0.4) is 0 Å². The molecule has 26 heavy (non-hydrogen) atoms. The molecule has 7 heteroatoms. The minimum atomic E-state index is -0.167. The fourth-order valence-corrected chi connectivity index (χ4v) is 3.90. The molecule has 3 heterocycles. The van der Waals surface area contributed by atoms with Gasteiger partial charge in [-0.1, -0.05) is 30.3 Å². The summed E-state index contributed by atoms with van der Waals surface area (Å²) < 4.78 is 0. The van der Waals surface area contributed by atoms with Crippen molar-refractivity contribution in [3.63, 3.8) is 0 Å². The Bertz CT molecular complexity index is 928. The number of nitrogens with zero attached hydrogens (tertiary/aromatic N) is 4. The first-order chi connectivity index (χ1) is 12.7. The number of rotatable bonds is 4. The number of aromatic nitrogens is 3. The number of thiazole rings is 1. The van der Waals surface area contributed by atoms with Crippen molar-refractivity contribution < 1.29 is 0 Å². The third-order valence-electron chi connectivity index (χ3n) is 4.60. The lowest BCUT2D eigenvalue weighted by Gasteiger charge is -2.36. The summed E-state index contributed by atoms with van der Waals surface area (Å²) in [6.45, 7) is 6.55. The molecule has 0 radical (unpaired) electrons. The second kappa shape index (κ2) is 7.39. The molecule has 4 rings (SSSR count). The van der Waals surface area contributed by atoms with Gasteiger partial charge in [-0.25, -0.2) is 10.1 Å². The Morgan fingerprint density at radius 2 is 1.92 bits per heavy atom. The molecule has 0 amide bonds. The third-order valence-corrected chi connectivity index (χ3v) is 5.42. The first-order valence-corrected chi connectivity index (χ1v) is 9.60. The maximum absolute atomic E-state index is 11.9. The van der Waals surface area contributed by atoms with Gasteiger partial charge >= 0.3 is 0 Å². The van der Waals surface area contributed by atoms with Crippen LogP contribution in [0.2, 0.25) is 0 Å². The lowest BCUT2D eigenvalue weighted by Crippen LogP contribution is -2.46. The number of aromatic amines is 1. The number of nitrogens with one attached hydrogen (secondary N) is 1. The zero-order valence-electron chi connectivity index (χ0n) is 14.7. The molecule has 1 aromatic carbocycles. The molecular weight excluding hydrogens is 346 g/mol. The molecule has 0 spiro atoms. The zero-order valence-corrected chi connectivity index (χ0v) is 15.5. The van der Waals surface area contributed by atoms with E-state index in [4.69, 9.17) is 0 Å². The summed E-state index contributed by atoms with van der Waals surface area (Å²) in [5.41, 5.74) is 3.72. The fraction of sp³-hybridized carbons (Fsp3) is 0.316. The molecule has 1 fully saturated rings. The van der Waals surface area contributed by atoms with Crippen LogP contribution in [0.25, 0.3) is 11.3 Å². The van der Waals surface area contributed by atoms with Crippen molar-refractivity contribution in [2.75, 3.05) is 31.1 Å². The van der Waals surface area contributed by atoms with E-state index in [1.807, 2.05) is 37.3 Å². The van der Waals surface area contributed by atoms with E-state index in [0.717, 1.165) is 60.4 Å². The largest absolute Gasteiger partial charge is 0.367 e. The van der Waals surface area contributed by atoms with Crippen molar-refractivity contribution in [2.24, 2.45) is 0 Å². The van der Waals surface area contributed by atoms with Crippen molar-refractivity contribution in [1.82, 2.24) is 20.1 Å². The Hall–Kier alpha value is -2.51. The van der Waals surface area contributed by atoms with Crippen LogP contribution in [-0.2, 0) is 6.54 Å². The van der Waals surface area contributed by atoms with E-state index in [0.29, 0.717) is 0 Å². The highest BCUT2D eigenvalue weighted by Gasteiger charge is 2.21. The minimum absolute atomic E-state index is 0.167. The molecule has 0 saturated carbocycles. The molecule has 1 saturated heterocycles. The number of piperazine rings is 1. The lowest BCUT2D eigenvalue weighted by molar-refractivity contribution is 0.247. The van der Waals surface area contributed by atoms with E-state index in [-0.39, 0.29) is 5.56 Å². The van der Waals surface area contributed by atoms with Gasteiger partial charge in [0.25, 0.3) is 5.56 Å². The van der Waals surface area contributed by atoms with Crippen LogP contribution in [0, 0.1) is 6.92 Å². The average Bonchev–Trinajstić information content (AvgIpc) is 3.08. The number of anilines is 1. The summed E-state index contributed by atoms with van der Waals surface area (Å²) in [5.74, 6) is 0. The quantitative estimate of drug-likeness (QED) is 0.768. The topological polar surface area (TPSA) is 65.1 Å². The third kappa shape index (κ3) is 3.68. The number of aryl methyl sites for hydroxylation is 1. The van der Waals surface area contributed by atoms with E-state index >= 15 is 0 Å². The molecule has 0 unspecified atom stereocenters. The summed E-state index contributed by atoms with van der Waals surface area (Å²) in [4.78, 5) is 21.1. The molecule has 1 aliphatic rings. The standard InChI is InChI=1S/C19H21N5OS/c1-14-20-16(13-26-14)12-23-7-9-24(10-8-23)17-11-18(25)21-22-19(17)15-5-3-2-4-6-15/h2-6,11,13H,7-10,12H2,1H3,(H,21,25). The highest BCUT2D eigenvalue weighted by Crippen LogP contribution is 2.27. The molecule has 1 aliphatic heterocycles. The van der Waals surface area contributed by atoms with Crippen molar-refractivity contribution in [3.8, 4) is 11.3 Å². The van der Waals surface area contributed by atoms with Gasteiger partial charge in [0.2, 0.25) is 0 Å². The van der Waals surface area contributed by atoms with E-state index in [9.17, 15) is 4.79 Å². The van der Waals surface area contributed by atoms with Gasteiger partial charge < -0.3 is 4.90 Å². The van der Waals surface area contributed by atoms with E-state index < -0.39 is 0 Å². The summed E-state index contributed by atoms with van der Waals surface area (Å²) in [6, 6.07) is 11.7. The Morgan fingerprint density at radius 3 is 2.62 bits per heavy atom. The zero-order chi connectivity index (χ0) is 17.9. The minimum Gasteiger partial charge on any atom is -0.367 e. The molecule has 134 valence electrons. The molecular formula is C19H21N5OS. The summed E-state index contributed by atoms with van der Waals surface area (Å²) in [6.07, 6.45) is 0. The van der Waals surface area contributed by atoms with E-state index in [2.05, 4.69) is 30.4 Å². The summed E-state index contributed by atoms with van der Waals surface area (Å²) in [5, 5.41) is 10.1. The molecule has 1 N–H and O–H groups in total. The van der Waals surface area contributed by atoms with Gasteiger partial charge in [0.05, 0.1) is 16.4 Å². The number of benzene rings is 1. The maximum atomic E-state index is 11.9. The van der Waals surface area contributed by atoms with Gasteiger partial charge in [-0.05, 0) is 6.92 Å². The van der Waals surface area contributed by atoms with Crippen LogP contribution in [-0.4, -0.2) is 46.3 Å². The SMILES string of the molecule is Cc1nc(CN2CCN(c3cc(=O)[nH]nc3-c3ccccc3)CC2)cs1. The van der Waals surface area contributed by atoms with Gasteiger partial charge in [0.1, 0.15) is 5.69 Å². The van der Waals surface area contributed by atoms with Gasteiger partial charge in [-0.2, -0.15) is 5.10 Å². The molecule has 2 aromatic heterocycles. The van der Waals surface area contributed by atoms with Gasteiger partial charge in [-0.15, -0.1) is 11.3 Å². The smallest absolute Gasteiger partial charge is 0.266 e. The molecule has 3 aromatic rings. The predicted octanol–water partition coefficient (Wildman–Crippen LogP) is 2.52. The van der Waals surface area contributed by atoms with Crippen molar-refractivity contribution in [1.29, 1.82) is 0 Å².